The van der Waals surface area contributed by atoms with Gasteiger partial charge < -0.3 is 0 Å². The standard InChI is InChI=1S/C14H12/c1-2-6-10-13(9-5-1)14-11-7-3-4-8-12-14/h1-7,9-11,13-14H. The molecule has 0 heterocycles. The van der Waals surface area contributed by atoms with Crippen LogP contribution in [0.2, 0.25) is 0 Å². The Morgan fingerprint density at radius 2 is 1.43 bits per heavy atom. The summed E-state index contributed by atoms with van der Waals surface area (Å²) in [6.45, 7) is 0. The predicted molar refractivity (Wildman–Crippen MR) is 60.5 cm³/mol. The van der Waals surface area contributed by atoms with Crippen molar-refractivity contribution in [3.8, 4) is 11.8 Å². The highest BCUT2D eigenvalue weighted by molar-refractivity contribution is 5.32. The van der Waals surface area contributed by atoms with Gasteiger partial charge in [-0.15, -0.1) is 0 Å². The molecule has 0 fully saturated rings. The van der Waals surface area contributed by atoms with Crippen molar-refractivity contribution >= 4 is 0 Å². The fourth-order valence-electron chi connectivity index (χ4n) is 1.52. The molecule has 14 heavy (non-hydrogen) atoms. The summed E-state index contributed by atoms with van der Waals surface area (Å²) in [5, 5.41) is 0. The molecule has 2 rings (SSSR count). The first kappa shape index (κ1) is 8.84. The average molecular weight is 180 g/mol. The third-order valence-electron chi connectivity index (χ3n) is 2.27. The van der Waals surface area contributed by atoms with E-state index >= 15 is 0 Å². The zero-order valence-corrected chi connectivity index (χ0v) is 7.93. The first-order valence-electron chi connectivity index (χ1n) is 4.83. The van der Waals surface area contributed by atoms with Crippen LogP contribution in [0.5, 0.6) is 0 Å². The van der Waals surface area contributed by atoms with E-state index < -0.39 is 0 Å². The van der Waals surface area contributed by atoms with Crippen LogP contribution in [0, 0.1) is 23.7 Å². The molecule has 0 aromatic rings. The van der Waals surface area contributed by atoms with Crippen LogP contribution in [0.25, 0.3) is 0 Å². The lowest BCUT2D eigenvalue weighted by molar-refractivity contribution is 0.698. The summed E-state index contributed by atoms with van der Waals surface area (Å²) in [5.41, 5.74) is 0. The second-order valence-electron chi connectivity index (χ2n) is 3.29. The number of hydrogen-bond donors (Lipinski definition) is 0. The Balaban J connectivity index is 2.17. The first-order valence-corrected chi connectivity index (χ1v) is 4.83. The molecule has 0 bridgehead atoms. The van der Waals surface area contributed by atoms with E-state index in [0.29, 0.717) is 11.8 Å². The molecule has 0 saturated carbocycles. The average Bonchev–Trinajstić information content (AvgIpc) is 2.62. The minimum atomic E-state index is 0.303. The molecule has 0 amide bonds. The molecule has 0 saturated heterocycles. The van der Waals surface area contributed by atoms with E-state index in [9.17, 15) is 0 Å². The summed E-state index contributed by atoms with van der Waals surface area (Å²) in [4.78, 5) is 0. The second kappa shape index (κ2) is 4.48. The lowest BCUT2D eigenvalue weighted by atomic mass is 9.92. The van der Waals surface area contributed by atoms with Crippen LogP contribution >= 0.6 is 0 Å². The fourth-order valence-corrected chi connectivity index (χ4v) is 1.52. The van der Waals surface area contributed by atoms with Gasteiger partial charge in [-0.3, -0.25) is 0 Å². The largest absolute Gasteiger partial charge is 0.0900 e. The summed E-state index contributed by atoms with van der Waals surface area (Å²) in [6.07, 6.45) is 20.7. The van der Waals surface area contributed by atoms with Crippen LogP contribution in [0.1, 0.15) is 0 Å². The molecule has 0 spiro atoms. The molecular weight excluding hydrogens is 168 g/mol. The highest BCUT2D eigenvalue weighted by Crippen LogP contribution is 2.19. The van der Waals surface area contributed by atoms with Crippen LogP contribution in [0.15, 0.2) is 60.8 Å². The number of allylic oxidation sites excluding steroid dienone is 10. The second-order valence-corrected chi connectivity index (χ2v) is 3.29. The molecular formula is C14H12. The van der Waals surface area contributed by atoms with Gasteiger partial charge in [-0.2, -0.15) is 0 Å². The van der Waals surface area contributed by atoms with Crippen LogP contribution in [0.4, 0.5) is 0 Å². The van der Waals surface area contributed by atoms with Gasteiger partial charge in [-0.05, 0) is 6.08 Å². The van der Waals surface area contributed by atoms with E-state index in [-0.39, 0.29) is 0 Å². The maximum absolute atomic E-state index is 3.23. The molecule has 1 unspecified atom stereocenters. The monoisotopic (exact) mass is 180 g/mol. The molecule has 0 aliphatic heterocycles. The van der Waals surface area contributed by atoms with Gasteiger partial charge in [-0.25, -0.2) is 0 Å². The number of hydrogen-bond acceptors (Lipinski definition) is 0. The minimum Gasteiger partial charge on any atom is -0.0900 e. The molecule has 0 aromatic heterocycles. The predicted octanol–water partition coefficient (Wildman–Crippen LogP) is 3.03. The van der Waals surface area contributed by atoms with Crippen LogP contribution < -0.4 is 0 Å². The van der Waals surface area contributed by atoms with Crippen molar-refractivity contribution in [2.24, 2.45) is 11.8 Å². The van der Waals surface area contributed by atoms with Crippen molar-refractivity contribution in [3.63, 3.8) is 0 Å². The zero-order chi connectivity index (χ0) is 9.64. The third-order valence-corrected chi connectivity index (χ3v) is 2.27. The highest BCUT2D eigenvalue weighted by Gasteiger charge is 2.11. The zero-order valence-electron chi connectivity index (χ0n) is 7.93. The highest BCUT2D eigenvalue weighted by atomic mass is 14.1. The lowest BCUT2D eigenvalue weighted by Crippen LogP contribution is -2.05. The Kier molecular flexibility index (Phi) is 2.83. The topological polar surface area (TPSA) is 0 Å². The van der Waals surface area contributed by atoms with E-state index in [1.165, 1.54) is 0 Å². The maximum atomic E-state index is 3.23. The lowest BCUT2D eigenvalue weighted by Gasteiger charge is -2.11. The fraction of sp³-hybridized carbons (Fsp3) is 0.143. The number of rotatable bonds is 1. The Morgan fingerprint density at radius 1 is 0.714 bits per heavy atom. The van der Waals surface area contributed by atoms with Gasteiger partial charge in [-0.1, -0.05) is 66.5 Å². The van der Waals surface area contributed by atoms with Crippen molar-refractivity contribution in [2.45, 2.75) is 0 Å². The van der Waals surface area contributed by atoms with Crippen LogP contribution in [0.3, 0.4) is 0 Å². The van der Waals surface area contributed by atoms with Crippen LogP contribution in [-0.2, 0) is 0 Å². The third kappa shape index (κ3) is 2.14. The van der Waals surface area contributed by atoms with Gasteiger partial charge >= 0.3 is 0 Å². The molecule has 0 N–H and O–H groups in total. The van der Waals surface area contributed by atoms with E-state index in [2.05, 4.69) is 48.3 Å². The van der Waals surface area contributed by atoms with E-state index in [0.717, 1.165) is 0 Å². The van der Waals surface area contributed by atoms with Gasteiger partial charge in [0.05, 0.1) is 0 Å². The maximum Gasteiger partial charge on any atom is 0.0486 e. The molecule has 2 aliphatic carbocycles. The smallest absolute Gasteiger partial charge is 0.0486 e. The van der Waals surface area contributed by atoms with E-state index in [4.69, 9.17) is 0 Å². The quantitative estimate of drug-likeness (QED) is 0.544. The van der Waals surface area contributed by atoms with Crippen molar-refractivity contribution in [1.82, 2.24) is 0 Å². The first-order chi connectivity index (χ1) is 6.97. The summed E-state index contributed by atoms with van der Waals surface area (Å²) < 4.78 is 0. The van der Waals surface area contributed by atoms with Crippen molar-refractivity contribution < 1.29 is 0 Å². The molecule has 0 radical (unpaired) electrons. The van der Waals surface area contributed by atoms with Crippen molar-refractivity contribution in [3.05, 3.63) is 60.8 Å². The Morgan fingerprint density at radius 3 is 2.21 bits per heavy atom. The summed E-state index contributed by atoms with van der Waals surface area (Å²) in [6, 6.07) is 0. The van der Waals surface area contributed by atoms with Crippen LogP contribution in [-0.4, -0.2) is 0 Å². The molecule has 0 heteroatoms. The van der Waals surface area contributed by atoms with Gasteiger partial charge in [0.1, 0.15) is 0 Å². The minimum absolute atomic E-state index is 0.303. The van der Waals surface area contributed by atoms with Gasteiger partial charge in [0.2, 0.25) is 0 Å². The van der Waals surface area contributed by atoms with Gasteiger partial charge in [0.25, 0.3) is 0 Å². The molecule has 0 nitrogen and oxygen atoms in total. The normalized spacial score (nSPS) is 24.1. The SMILES string of the molecule is C1#CC(C2C=CC=CC=C2)C=CC=C1. The van der Waals surface area contributed by atoms with E-state index in [1.807, 2.05) is 24.3 Å². The molecule has 1 atom stereocenters. The Hall–Kier alpha value is -1.74. The molecule has 68 valence electrons. The summed E-state index contributed by atoms with van der Waals surface area (Å²) in [5.74, 6) is 6.96. The Bertz CT molecular complexity index is 375. The Labute approximate surface area is 85.0 Å². The van der Waals surface area contributed by atoms with Gasteiger partial charge in [0, 0.05) is 11.8 Å². The van der Waals surface area contributed by atoms with E-state index in [1.54, 1.807) is 0 Å². The molecule has 0 aromatic carbocycles. The van der Waals surface area contributed by atoms with Gasteiger partial charge in [0.15, 0.2) is 0 Å². The summed E-state index contributed by atoms with van der Waals surface area (Å²) in [7, 11) is 0. The molecule has 2 aliphatic rings. The summed E-state index contributed by atoms with van der Waals surface area (Å²) >= 11 is 0. The van der Waals surface area contributed by atoms with Crippen molar-refractivity contribution in [2.75, 3.05) is 0 Å². The van der Waals surface area contributed by atoms with Crippen molar-refractivity contribution in [1.29, 1.82) is 0 Å².